The van der Waals surface area contributed by atoms with Crippen molar-refractivity contribution in [2.45, 2.75) is 71.5 Å². The fourth-order valence-corrected chi connectivity index (χ4v) is 4.52. The van der Waals surface area contributed by atoms with Gasteiger partial charge in [0.25, 0.3) is 5.91 Å². The quantitative estimate of drug-likeness (QED) is 0.534. The molecule has 2 amide bonds. The Balaban J connectivity index is 1.60. The van der Waals surface area contributed by atoms with Crippen molar-refractivity contribution in [1.82, 2.24) is 25.2 Å². The largest absolute Gasteiger partial charge is 0.380 e. The molecular formula is C25H32N6O2. The third-order valence-corrected chi connectivity index (χ3v) is 6.13. The predicted molar refractivity (Wildman–Crippen MR) is 129 cm³/mol. The molecule has 1 aliphatic rings. The lowest BCUT2D eigenvalue weighted by atomic mass is 9.91. The van der Waals surface area contributed by atoms with Gasteiger partial charge in [0, 0.05) is 54.8 Å². The molecule has 8 heteroatoms. The molecule has 0 aliphatic heterocycles. The Hall–Kier alpha value is -3.42. The second-order valence-electron chi connectivity index (χ2n) is 9.20. The van der Waals surface area contributed by atoms with Crippen molar-refractivity contribution < 1.29 is 9.59 Å². The molecule has 3 aromatic heterocycles. The van der Waals surface area contributed by atoms with Gasteiger partial charge in [-0.15, -0.1) is 0 Å². The minimum absolute atomic E-state index is 0.000640. The number of fused-ring (bicyclic) bond motifs is 1. The summed E-state index contributed by atoms with van der Waals surface area (Å²) >= 11 is 0. The molecule has 8 nitrogen and oxygen atoms in total. The van der Waals surface area contributed by atoms with Gasteiger partial charge in [-0.1, -0.05) is 0 Å². The van der Waals surface area contributed by atoms with Crippen LogP contribution in [0.1, 0.15) is 62.4 Å². The summed E-state index contributed by atoms with van der Waals surface area (Å²) in [5.41, 5.74) is 5.34. The Morgan fingerprint density at radius 3 is 2.42 bits per heavy atom. The monoisotopic (exact) mass is 448 g/mol. The normalized spacial score (nSPS) is 18.3. The summed E-state index contributed by atoms with van der Waals surface area (Å²) in [4.78, 5) is 28.8. The summed E-state index contributed by atoms with van der Waals surface area (Å²) in [7, 11) is 0. The van der Waals surface area contributed by atoms with Gasteiger partial charge in [0.05, 0.1) is 23.0 Å². The molecule has 0 saturated heterocycles. The maximum atomic E-state index is 13.3. The Morgan fingerprint density at radius 1 is 1.09 bits per heavy atom. The van der Waals surface area contributed by atoms with Gasteiger partial charge >= 0.3 is 0 Å². The standard InChI is InChI=1S/C25H32N6O2/c1-15(2)28-24-22(25(33)30-20-7-5-19(6-8-20)29-17(4)32)13-27-31-14-18(11-23(24)31)21-12-26-10-9-16(21)3/h9-15,19-20,28H,5-8H2,1-4H3,(H,29,32)(H,30,33)/t19-,20-. The van der Waals surface area contributed by atoms with Gasteiger partial charge in [0.1, 0.15) is 0 Å². The van der Waals surface area contributed by atoms with Gasteiger partial charge in [-0.3, -0.25) is 14.6 Å². The fourth-order valence-electron chi connectivity index (χ4n) is 4.52. The molecule has 0 unspecified atom stereocenters. The first-order valence-corrected chi connectivity index (χ1v) is 11.6. The van der Waals surface area contributed by atoms with Crippen molar-refractivity contribution in [3.05, 3.63) is 48.0 Å². The van der Waals surface area contributed by atoms with Crippen molar-refractivity contribution in [3.63, 3.8) is 0 Å². The Kier molecular flexibility index (Phi) is 6.62. The first-order valence-electron chi connectivity index (χ1n) is 11.6. The van der Waals surface area contributed by atoms with Gasteiger partial charge in [-0.2, -0.15) is 5.10 Å². The Bertz CT molecular complexity index is 1160. The second-order valence-corrected chi connectivity index (χ2v) is 9.20. The lowest BCUT2D eigenvalue weighted by Gasteiger charge is -2.29. The summed E-state index contributed by atoms with van der Waals surface area (Å²) in [5, 5.41) is 14.2. The molecule has 0 bridgehead atoms. The summed E-state index contributed by atoms with van der Waals surface area (Å²) < 4.78 is 1.81. The molecule has 0 atom stereocenters. The molecule has 33 heavy (non-hydrogen) atoms. The average molecular weight is 449 g/mol. The summed E-state index contributed by atoms with van der Waals surface area (Å²) in [6.07, 6.45) is 10.7. The van der Waals surface area contributed by atoms with Gasteiger partial charge < -0.3 is 16.0 Å². The van der Waals surface area contributed by atoms with Crippen LogP contribution in [-0.4, -0.2) is 44.5 Å². The third-order valence-electron chi connectivity index (χ3n) is 6.13. The van der Waals surface area contributed by atoms with E-state index in [1.165, 1.54) is 0 Å². The Morgan fingerprint density at radius 2 is 1.79 bits per heavy atom. The summed E-state index contributed by atoms with van der Waals surface area (Å²) in [6, 6.07) is 4.47. The van der Waals surface area contributed by atoms with Gasteiger partial charge in [-0.05, 0) is 64.2 Å². The molecule has 1 saturated carbocycles. The van der Waals surface area contributed by atoms with E-state index in [9.17, 15) is 9.59 Å². The fraction of sp³-hybridized carbons (Fsp3) is 0.440. The molecule has 0 radical (unpaired) electrons. The number of carbonyl (C=O) groups excluding carboxylic acids is 2. The Labute approximate surface area is 194 Å². The molecule has 0 aromatic carbocycles. The molecule has 174 valence electrons. The van der Waals surface area contributed by atoms with Crippen molar-refractivity contribution in [3.8, 4) is 11.1 Å². The molecule has 1 aliphatic carbocycles. The van der Waals surface area contributed by atoms with Crippen LogP contribution in [-0.2, 0) is 4.79 Å². The number of anilines is 1. The first-order chi connectivity index (χ1) is 15.8. The highest BCUT2D eigenvalue weighted by Crippen LogP contribution is 2.30. The number of rotatable bonds is 6. The van der Waals surface area contributed by atoms with E-state index in [2.05, 4.69) is 52.9 Å². The van der Waals surface area contributed by atoms with Crippen LogP contribution in [0, 0.1) is 6.92 Å². The molecule has 3 N–H and O–H groups in total. The maximum absolute atomic E-state index is 13.3. The average Bonchev–Trinajstić information content (AvgIpc) is 3.19. The van der Waals surface area contributed by atoms with E-state index in [4.69, 9.17) is 0 Å². The van der Waals surface area contributed by atoms with E-state index in [-0.39, 0.29) is 29.9 Å². The van der Waals surface area contributed by atoms with Gasteiger partial charge in [0.15, 0.2) is 0 Å². The second kappa shape index (κ2) is 9.60. The lowest BCUT2D eigenvalue weighted by molar-refractivity contribution is -0.119. The van der Waals surface area contributed by atoms with Crippen LogP contribution in [0.15, 0.2) is 36.9 Å². The van der Waals surface area contributed by atoms with E-state index in [0.29, 0.717) is 5.56 Å². The van der Waals surface area contributed by atoms with Crippen LogP contribution in [0.3, 0.4) is 0 Å². The SMILES string of the molecule is CC(=O)N[C@H]1CC[C@H](NC(=O)c2cnn3cc(-c4cnccc4C)cc3c2NC(C)C)CC1. The van der Waals surface area contributed by atoms with Crippen LogP contribution in [0.5, 0.6) is 0 Å². The minimum atomic E-state index is -0.128. The minimum Gasteiger partial charge on any atom is -0.380 e. The first kappa shape index (κ1) is 22.8. The van der Waals surface area contributed by atoms with Crippen molar-refractivity contribution >= 4 is 23.0 Å². The van der Waals surface area contributed by atoms with Crippen LogP contribution in [0.2, 0.25) is 0 Å². The number of pyridine rings is 1. The van der Waals surface area contributed by atoms with Crippen molar-refractivity contribution in [1.29, 1.82) is 0 Å². The number of nitrogens with zero attached hydrogens (tertiary/aromatic N) is 3. The summed E-state index contributed by atoms with van der Waals surface area (Å²) in [5.74, 6) is -0.129. The molecule has 3 aromatic rings. The van der Waals surface area contributed by atoms with Gasteiger partial charge in [0.2, 0.25) is 5.91 Å². The van der Waals surface area contributed by atoms with Gasteiger partial charge in [-0.25, -0.2) is 4.52 Å². The number of aryl methyl sites for hydroxylation is 1. The number of hydrogen-bond acceptors (Lipinski definition) is 5. The lowest BCUT2D eigenvalue weighted by Crippen LogP contribution is -2.43. The van der Waals surface area contributed by atoms with E-state index in [1.54, 1.807) is 19.3 Å². The number of amides is 2. The van der Waals surface area contributed by atoms with Crippen LogP contribution < -0.4 is 16.0 Å². The molecule has 4 rings (SSSR count). The highest BCUT2D eigenvalue weighted by molar-refractivity contribution is 6.03. The number of hydrogen-bond donors (Lipinski definition) is 3. The molecule has 1 fully saturated rings. The highest BCUT2D eigenvalue weighted by Gasteiger charge is 2.25. The smallest absolute Gasteiger partial charge is 0.255 e. The van der Waals surface area contributed by atoms with E-state index in [0.717, 1.165) is 53.6 Å². The van der Waals surface area contributed by atoms with Crippen molar-refractivity contribution in [2.75, 3.05) is 5.32 Å². The maximum Gasteiger partial charge on any atom is 0.255 e. The molecular weight excluding hydrogens is 416 g/mol. The summed E-state index contributed by atoms with van der Waals surface area (Å²) in [6.45, 7) is 7.70. The zero-order valence-corrected chi connectivity index (χ0v) is 19.7. The topological polar surface area (TPSA) is 100 Å². The van der Waals surface area contributed by atoms with Crippen LogP contribution >= 0.6 is 0 Å². The van der Waals surface area contributed by atoms with E-state index >= 15 is 0 Å². The number of nitrogens with one attached hydrogen (secondary N) is 3. The van der Waals surface area contributed by atoms with Crippen LogP contribution in [0.4, 0.5) is 5.69 Å². The van der Waals surface area contributed by atoms with Crippen molar-refractivity contribution in [2.24, 2.45) is 0 Å². The van der Waals surface area contributed by atoms with E-state index < -0.39 is 0 Å². The predicted octanol–water partition coefficient (Wildman–Crippen LogP) is 3.70. The zero-order valence-electron chi connectivity index (χ0n) is 19.7. The third kappa shape index (κ3) is 5.16. The molecule has 3 heterocycles. The molecule has 0 spiro atoms. The van der Waals surface area contributed by atoms with E-state index in [1.807, 2.05) is 23.0 Å². The van der Waals surface area contributed by atoms with Crippen LogP contribution in [0.25, 0.3) is 16.6 Å². The highest BCUT2D eigenvalue weighted by atomic mass is 16.2. The zero-order chi connectivity index (χ0) is 23.5. The number of carbonyl (C=O) groups is 2. The number of aromatic nitrogens is 3.